The summed E-state index contributed by atoms with van der Waals surface area (Å²) in [7, 11) is 1.54. The van der Waals surface area contributed by atoms with Crippen molar-refractivity contribution in [2.45, 2.75) is 20.3 Å². The maximum atomic E-state index is 13.8. The predicted octanol–water partition coefficient (Wildman–Crippen LogP) is 2.75. The number of carbonyl (C=O) groups is 1. The van der Waals surface area contributed by atoms with Crippen molar-refractivity contribution in [2.24, 2.45) is 13.0 Å². The minimum Gasteiger partial charge on any atom is -0.463 e. The van der Waals surface area contributed by atoms with Gasteiger partial charge in [-0.25, -0.2) is 18.3 Å². The van der Waals surface area contributed by atoms with Crippen molar-refractivity contribution in [3.8, 4) is 17.4 Å². The van der Waals surface area contributed by atoms with E-state index in [2.05, 4.69) is 10.1 Å². The molecule has 1 aromatic carbocycles. The summed E-state index contributed by atoms with van der Waals surface area (Å²) in [5.74, 6) is -1.63. The Labute approximate surface area is 156 Å². The van der Waals surface area contributed by atoms with Crippen LogP contribution in [0.15, 0.2) is 18.2 Å². The van der Waals surface area contributed by atoms with Gasteiger partial charge in [0.25, 0.3) is 0 Å². The first kappa shape index (κ1) is 20.8. The molecule has 9 heteroatoms. The lowest BCUT2D eigenvalue weighted by atomic mass is 10.1. The van der Waals surface area contributed by atoms with Gasteiger partial charge >= 0.3 is 12.0 Å². The lowest BCUT2D eigenvalue weighted by molar-refractivity contribution is -0.147. The quantitative estimate of drug-likeness (QED) is 0.714. The number of aryl methyl sites for hydroxylation is 1. The average Bonchev–Trinajstić information content (AvgIpc) is 3.30. The van der Waals surface area contributed by atoms with Crippen molar-refractivity contribution in [3.05, 3.63) is 29.8 Å². The van der Waals surface area contributed by atoms with Crippen LogP contribution in [0.3, 0.4) is 0 Å². The molecule has 2 aromatic rings. The molecule has 0 amide bonds. The number of aromatic nitrogens is 3. The number of halogens is 2. The van der Waals surface area contributed by atoms with Gasteiger partial charge in [0.15, 0.2) is 12.4 Å². The fourth-order valence-corrected chi connectivity index (χ4v) is 2.42. The molecule has 1 atom stereocenters. The van der Waals surface area contributed by atoms with Crippen molar-refractivity contribution in [3.63, 3.8) is 0 Å². The zero-order chi connectivity index (χ0) is 19.8. The third-order valence-corrected chi connectivity index (χ3v) is 3.74. The fourth-order valence-electron chi connectivity index (χ4n) is 2.42. The summed E-state index contributed by atoms with van der Waals surface area (Å²) < 4.78 is 43.6. The summed E-state index contributed by atoms with van der Waals surface area (Å²) in [4.78, 5) is 15.7. The Balaban J connectivity index is 0.00000126. The minimum absolute atomic E-state index is 0.0788. The van der Waals surface area contributed by atoms with Gasteiger partial charge in [-0.1, -0.05) is 13.8 Å². The number of nitrogens with zero attached hydrogens (tertiary/aromatic N) is 3. The Morgan fingerprint density at radius 3 is 2.81 bits per heavy atom. The molecule has 3 rings (SSSR count). The van der Waals surface area contributed by atoms with Crippen molar-refractivity contribution in [2.75, 3.05) is 26.4 Å². The Morgan fingerprint density at radius 1 is 1.37 bits per heavy atom. The molecule has 0 aliphatic carbocycles. The number of benzene rings is 1. The lowest BCUT2D eigenvalue weighted by Crippen LogP contribution is -2.19. The molecule has 0 radical (unpaired) electrons. The highest BCUT2D eigenvalue weighted by atomic mass is 19.1. The van der Waals surface area contributed by atoms with E-state index in [0.29, 0.717) is 13.2 Å². The molecular weight excluding hydrogens is 360 g/mol. The van der Waals surface area contributed by atoms with Crippen LogP contribution in [0.4, 0.5) is 8.78 Å². The van der Waals surface area contributed by atoms with Gasteiger partial charge in [0, 0.05) is 25.6 Å². The highest BCUT2D eigenvalue weighted by Gasteiger charge is 2.19. The van der Waals surface area contributed by atoms with Gasteiger partial charge in [-0.3, -0.25) is 0 Å². The average molecular weight is 383 g/mol. The molecule has 1 aliphatic heterocycles. The van der Waals surface area contributed by atoms with E-state index in [1.165, 1.54) is 17.8 Å². The molecule has 0 N–H and O–H groups in total. The van der Waals surface area contributed by atoms with Gasteiger partial charge in [0.1, 0.15) is 11.6 Å². The van der Waals surface area contributed by atoms with Crippen molar-refractivity contribution in [1.82, 2.24) is 14.8 Å². The van der Waals surface area contributed by atoms with Gasteiger partial charge in [0.05, 0.1) is 18.8 Å². The van der Waals surface area contributed by atoms with E-state index in [4.69, 9.17) is 14.2 Å². The van der Waals surface area contributed by atoms with Crippen LogP contribution in [0.5, 0.6) is 6.01 Å². The number of rotatable bonds is 6. The summed E-state index contributed by atoms with van der Waals surface area (Å²) >= 11 is 0. The molecule has 1 unspecified atom stereocenters. The Morgan fingerprint density at radius 2 is 2.15 bits per heavy atom. The van der Waals surface area contributed by atoms with Crippen molar-refractivity contribution >= 4 is 5.97 Å². The molecule has 27 heavy (non-hydrogen) atoms. The summed E-state index contributed by atoms with van der Waals surface area (Å²) in [6, 6.07) is 3.05. The van der Waals surface area contributed by atoms with Gasteiger partial charge in [-0.2, -0.15) is 4.98 Å². The molecule has 148 valence electrons. The number of ether oxygens (including phenoxy) is 3. The van der Waals surface area contributed by atoms with Crippen molar-refractivity contribution < 1.29 is 27.8 Å². The molecule has 2 heterocycles. The van der Waals surface area contributed by atoms with Gasteiger partial charge < -0.3 is 14.2 Å². The van der Waals surface area contributed by atoms with E-state index in [9.17, 15) is 13.6 Å². The second-order valence-corrected chi connectivity index (χ2v) is 5.67. The number of esters is 1. The predicted molar refractivity (Wildman–Crippen MR) is 93.1 cm³/mol. The van der Waals surface area contributed by atoms with Crippen LogP contribution in [0.25, 0.3) is 11.4 Å². The largest absolute Gasteiger partial charge is 0.463 e. The second kappa shape index (κ2) is 9.96. The van der Waals surface area contributed by atoms with Crippen LogP contribution in [0.2, 0.25) is 0 Å². The number of carbonyl (C=O) groups excluding carboxylic acids is 1. The summed E-state index contributed by atoms with van der Waals surface area (Å²) in [5.41, 5.74) is 0.0788. The summed E-state index contributed by atoms with van der Waals surface area (Å²) in [6.45, 7) is 5.19. The fraction of sp³-hybridized carbons (Fsp3) is 0.500. The maximum absolute atomic E-state index is 13.8. The van der Waals surface area contributed by atoms with Crippen LogP contribution >= 0.6 is 0 Å². The molecule has 1 aliphatic rings. The van der Waals surface area contributed by atoms with Crippen molar-refractivity contribution in [1.29, 1.82) is 0 Å². The van der Waals surface area contributed by atoms with Crippen LogP contribution in [-0.2, 0) is 21.3 Å². The first-order valence-electron chi connectivity index (χ1n) is 8.75. The van der Waals surface area contributed by atoms with Crippen LogP contribution < -0.4 is 4.74 Å². The Kier molecular flexibility index (Phi) is 7.66. The molecule has 1 fully saturated rings. The van der Waals surface area contributed by atoms with Crippen LogP contribution in [0.1, 0.15) is 20.3 Å². The molecule has 1 aromatic heterocycles. The molecule has 0 saturated carbocycles. The first-order chi connectivity index (χ1) is 13.0. The minimum atomic E-state index is -0.764. The number of hydrogen-bond donors (Lipinski definition) is 0. The lowest BCUT2D eigenvalue weighted by Gasteiger charge is -2.08. The summed E-state index contributed by atoms with van der Waals surface area (Å²) in [6.07, 6.45) is 0.864. The van der Waals surface area contributed by atoms with E-state index in [1.807, 2.05) is 13.8 Å². The first-order valence-corrected chi connectivity index (χ1v) is 8.75. The van der Waals surface area contributed by atoms with Crippen LogP contribution in [0, 0.1) is 17.6 Å². The highest BCUT2D eigenvalue weighted by molar-refractivity contribution is 5.71. The number of hydrogen-bond acceptors (Lipinski definition) is 6. The molecule has 7 nitrogen and oxygen atoms in total. The second-order valence-electron chi connectivity index (χ2n) is 5.67. The molecule has 1 saturated heterocycles. The Bertz CT molecular complexity index is 761. The van der Waals surface area contributed by atoms with Gasteiger partial charge in [-0.05, 0) is 18.6 Å². The van der Waals surface area contributed by atoms with E-state index in [1.54, 1.807) is 0 Å². The van der Waals surface area contributed by atoms with E-state index >= 15 is 0 Å². The SMILES string of the molecule is CC.Cn1nc(OCC(=O)OCC2CCOC2)nc1-c1ccc(F)cc1F. The third kappa shape index (κ3) is 5.72. The smallest absolute Gasteiger partial charge is 0.344 e. The third-order valence-electron chi connectivity index (χ3n) is 3.74. The zero-order valence-corrected chi connectivity index (χ0v) is 15.6. The summed E-state index contributed by atoms with van der Waals surface area (Å²) in [5, 5.41) is 3.96. The maximum Gasteiger partial charge on any atom is 0.344 e. The van der Waals surface area contributed by atoms with E-state index < -0.39 is 17.6 Å². The standard InChI is InChI=1S/C16H17F2N3O4.C2H6/c1-21-15(12-3-2-11(17)6-13(12)18)19-16(20-21)25-9-14(22)24-8-10-4-5-23-7-10;1-2/h2-3,6,10H,4-5,7-9H2,1H3;1-2H3. The van der Waals surface area contributed by atoms with Gasteiger partial charge in [0.2, 0.25) is 0 Å². The highest BCUT2D eigenvalue weighted by Crippen LogP contribution is 2.23. The molecule has 0 bridgehead atoms. The van der Waals surface area contributed by atoms with E-state index in [0.717, 1.165) is 18.6 Å². The van der Waals surface area contributed by atoms with Crippen LogP contribution in [-0.4, -0.2) is 47.2 Å². The topological polar surface area (TPSA) is 75.5 Å². The molecule has 0 spiro atoms. The molecular formula is C18H23F2N3O4. The Hall–Kier alpha value is -2.55. The van der Waals surface area contributed by atoms with E-state index in [-0.39, 0.29) is 36.5 Å². The normalized spacial score (nSPS) is 15.8. The monoisotopic (exact) mass is 383 g/mol. The van der Waals surface area contributed by atoms with Gasteiger partial charge in [-0.15, -0.1) is 5.10 Å². The zero-order valence-electron chi connectivity index (χ0n) is 15.6.